The first-order chi connectivity index (χ1) is 12.7. The molecule has 1 saturated heterocycles. The highest BCUT2D eigenvalue weighted by Crippen LogP contribution is 2.28. The Morgan fingerprint density at radius 2 is 1.89 bits per heavy atom. The third kappa shape index (κ3) is 5.33. The molecular weight excluding hydrogens is 383 g/mol. The quantitative estimate of drug-likeness (QED) is 0.587. The Kier molecular flexibility index (Phi) is 6.67. The maximum absolute atomic E-state index is 12.6. The van der Waals surface area contributed by atoms with Gasteiger partial charge < -0.3 is 10.6 Å². The molecule has 2 rings (SSSR count). The first kappa shape index (κ1) is 21.0. The molecule has 148 valence electrons. The van der Waals surface area contributed by atoms with E-state index < -0.39 is 15.5 Å². The second-order valence-electron chi connectivity index (χ2n) is 6.00. The van der Waals surface area contributed by atoms with Crippen LogP contribution in [-0.4, -0.2) is 50.4 Å². The average Bonchev–Trinajstić information content (AvgIpc) is 2.65. The van der Waals surface area contributed by atoms with Gasteiger partial charge >= 0.3 is 15.5 Å². The van der Waals surface area contributed by atoms with Crippen molar-refractivity contribution in [1.29, 1.82) is 5.26 Å². The lowest BCUT2D eigenvalue weighted by atomic mass is 10.1. The van der Waals surface area contributed by atoms with Gasteiger partial charge in [-0.05, 0) is 30.5 Å². The number of aliphatic imine (C=N–C) groups is 1. The number of guanidine groups is 1. The second kappa shape index (κ2) is 8.58. The number of nitrogens with zero attached hydrogens (tertiary/aromatic N) is 3. The van der Waals surface area contributed by atoms with E-state index in [9.17, 15) is 21.6 Å². The zero-order chi connectivity index (χ0) is 20.1. The molecule has 1 aromatic carbocycles. The fourth-order valence-electron chi connectivity index (χ4n) is 2.66. The van der Waals surface area contributed by atoms with Gasteiger partial charge in [-0.25, -0.2) is 8.42 Å². The van der Waals surface area contributed by atoms with Crippen molar-refractivity contribution in [1.82, 2.24) is 14.9 Å². The third-order valence-corrected chi connectivity index (χ3v) is 5.82. The number of sulfonamides is 1. The van der Waals surface area contributed by atoms with Gasteiger partial charge in [-0.3, -0.25) is 4.99 Å². The van der Waals surface area contributed by atoms with Gasteiger partial charge in [0.1, 0.15) is 0 Å². The Morgan fingerprint density at radius 1 is 1.30 bits per heavy atom. The Bertz CT molecular complexity index is 808. The van der Waals surface area contributed by atoms with Crippen LogP contribution in [0, 0.1) is 11.3 Å². The summed E-state index contributed by atoms with van der Waals surface area (Å²) in [5, 5.41) is 15.0. The van der Waals surface area contributed by atoms with E-state index in [1.165, 1.54) is 0 Å². The molecule has 0 spiro atoms. The summed E-state index contributed by atoms with van der Waals surface area (Å²) < 4.78 is 61.1. The molecular formula is C16H20F3N5O2S. The maximum atomic E-state index is 12.6. The highest BCUT2D eigenvalue weighted by molar-refractivity contribution is 7.90. The van der Waals surface area contributed by atoms with Gasteiger partial charge in [-0.1, -0.05) is 12.1 Å². The van der Waals surface area contributed by atoms with Crippen molar-refractivity contribution >= 4 is 16.0 Å². The highest BCUT2D eigenvalue weighted by Gasteiger charge is 2.50. The van der Waals surface area contributed by atoms with Crippen LogP contribution in [0.15, 0.2) is 29.3 Å². The molecule has 0 saturated carbocycles. The summed E-state index contributed by atoms with van der Waals surface area (Å²) in [4.78, 5) is 4.07. The van der Waals surface area contributed by atoms with Gasteiger partial charge in [0, 0.05) is 32.7 Å². The normalized spacial score (nSPS) is 17.4. The summed E-state index contributed by atoms with van der Waals surface area (Å²) in [5.41, 5.74) is -3.78. The molecule has 1 aliphatic rings. The van der Waals surface area contributed by atoms with Crippen LogP contribution in [0.1, 0.15) is 24.0 Å². The molecule has 0 amide bonds. The summed E-state index contributed by atoms with van der Waals surface area (Å²) in [7, 11) is -3.71. The molecule has 1 heterocycles. The van der Waals surface area contributed by atoms with Gasteiger partial charge in [0.25, 0.3) is 0 Å². The molecule has 7 nitrogen and oxygen atoms in total. The van der Waals surface area contributed by atoms with Crippen molar-refractivity contribution in [3.05, 3.63) is 35.4 Å². The average molecular weight is 403 g/mol. The van der Waals surface area contributed by atoms with E-state index in [4.69, 9.17) is 5.26 Å². The summed E-state index contributed by atoms with van der Waals surface area (Å²) in [6.45, 7) is 0.0466. The van der Waals surface area contributed by atoms with Crippen molar-refractivity contribution in [2.24, 2.45) is 4.99 Å². The van der Waals surface area contributed by atoms with Gasteiger partial charge in [0.05, 0.1) is 11.6 Å². The van der Waals surface area contributed by atoms with Crippen LogP contribution < -0.4 is 10.6 Å². The SMILES string of the molecule is CN=C(NCc1ccc(C#N)cc1)NC1CCN(S(=O)(=O)C(F)(F)F)CC1. The minimum Gasteiger partial charge on any atom is -0.354 e. The third-order valence-electron chi connectivity index (χ3n) is 4.19. The van der Waals surface area contributed by atoms with Crippen LogP contribution in [0.3, 0.4) is 0 Å². The topological polar surface area (TPSA) is 97.6 Å². The van der Waals surface area contributed by atoms with Gasteiger partial charge in [-0.2, -0.15) is 22.7 Å². The molecule has 0 bridgehead atoms. The minimum atomic E-state index is -5.27. The monoisotopic (exact) mass is 403 g/mol. The molecule has 0 aromatic heterocycles. The Morgan fingerprint density at radius 3 is 2.37 bits per heavy atom. The molecule has 1 aliphatic heterocycles. The molecule has 1 aromatic rings. The van der Waals surface area contributed by atoms with E-state index in [1.54, 1.807) is 31.3 Å². The Balaban J connectivity index is 1.85. The van der Waals surface area contributed by atoms with E-state index in [2.05, 4.69) is 15.6 Å². The van der Waals surface area contributed by atoms with E-state index in [1.807, 2.05) is 6.07 Å². The lowest BCUT2D eigenvalue weighted by Gasteiger charge is -2.32. The van der Waals surface area contributed by atoms with Crippen LogP contribution in [0.25, 0.3) is 0 Å². The van der Waals surface area contributed by atoms with Gasteiger partial charge in [-0.15, -0.1) is 0 Å². The lowest BCUT2D eigenvalue weighted by Crippen LogP contribution is -2.51. The van der Waals surface area contributed by atoms with Crippen molar-refractivity contribution in [3.63, 3.8) is 0 Å². The molecule has 0 aliphatic carbocycles. The number of piperidine rings is 1. The van der Waals surface area contributed by atoms with Crippen molar-refractivity contribution in [2.45, 2.75) is 30.9 Å². The number of nitrogens with one attached hydrogen (secondary N) is 2. The number of hydrogen-bond donors (Lipinski definition) is 2. The largest absolute Gasteiger partial charge is 0.511 e. The van der Waals surface area contributed by atoms with E-state index >= 15 is 0 Å². The zero-order valence-electron chi connectivity index (χ0n) is 14.6. The van der Waals surface area contributed by atoms with Crippen LogP contribution in [0.4, 0.5) is 13.2 Å². The minimum absolute atomic E-state index is 0.183. The summed E-state index contributed by atoms with van der Waals surface area (Å²) in [6.07, 6.45) is 0.486. The van der Waals surface area contributed by atoms with E-state index in [-0.39, 0.29) is 32.0 Å². The molecule has 2 N–H and O–H groups in total. The van der Waals surface area contributed by atoms with Crippen LogP contribution in [-0.2, 0) is 16.6 Å². The standard InChI is InChI=1S/C16H20F3N5O2S/c1-21-15(22-11-13-4-2-12(10-20)3-5-13)23-14-6-8-24(9-7-14)27(25,26)16(17,18)19/h2-5,14H,6-9,11H2,1H3,(H2,21,22,23). The zero-order valence-corrected chi connectivity index (χ0v) is 15.4. The maximum Gasteiger partial charge on any atom is 0.511 e. The predicted octanol–water partition coefficient (Wildman–Crippen LogP) is 1.54. The highest BCUT2D eigenvalue weighted by atomic mass is 32.2. The molecule has 0 atom stereocenters. The number of halogens is 3. The molecule has 1 fully saturated rings. The first-order valence-corrected chi connectivity index (χ1v) is 9.64. The Labute approximate surface area is 155 Å². The molecule has 11 heteroatoms. The lowest BCUT2D eigenvalue weighted by molar-refractivity contribution is -0.0494. The van der Waals surface area contributed by atoms with Crippen molar-refractivity contribution < 1.29 is 21.6 Å². The molecule has 0 radical (unpaired) electrons. The van der Waals surface area contributed by atoms with E-state index in [0.717, 1.165) is 5.56 Å². The number of nitriles is 1. The first-order valence-electron chi connectivity index (χ1n) is 8.20. The fourth-order valence-corrected chi connectivity index (χ4v) is 3.64. The van der Waals surface area contributed by atoms with Gasteiger partial charge in [0.15, 0.2) is 5.96 Å². The van der Waals surface area contributed by atoms with Gasteiger partial charge in [0.2, 0.25) is 0 Å². The fraction of sp³-hybridized carbons (Fsp3) is 0.500. The summed E-state index contributed by atoms with van der Waals surface area (Å²) in [5.74, 6) is 0.469. The number of alkyl halides is 3. The van der Waals surface area contributed by atoms with E-state index in [0.29, 0.717) is 22.4 Å². The number of hydrogen-bond acceptors (Lipinski definition) is 4. The van der Waals surface area contributed by atoms with Crippen molar-refractivity contribution in [3.8, 4) is 6.07 Å². The predicted molar refractivity (Wildman–Crippen MR) is 94.1 cm³/mol. The van der Waals surface area contributed by atoms with Crippen LogP contribution >= 0.6 is 0 Å². The second-order valence-corrected chi connectivity index (χ2v) is 7.93. The molecule has 0 unspecified atom stereocenters. The summed E-state index contributed by atoms with van der Waals surface area (Å²) >= 11 is 0. The number of rotatable bonds is 4. The molecule has 27 heavy (non-hydrogen) atoms. The van der Waals surface area contributed by atoms with Crippen LogP contribution in [0.2, 0.25) is 0 Å². The smallest absolute Gasteiger partial charge is 0.354 e. The van der Waals surface area contributed by atoms with Crippen LogP contribution in [0.5, 0.6) is 0 Å². The number of benzene rings is 1. The Hall–Kier alpha value is -2.32. The summed E-state index contributed by atoms with van der Waals surface area (Å²) in [6, 6.07) is 8.86. The van der Waals surface area contributed by atoms with Crippen molar-refractivity contribution in [2.75, 3.05) is 20.1 Å².